The minimum Gasteiger partial charge on any atom is -0.468 e. The summed E-state index contributed by atoms with van der Waals surface area (Å²) in [7, 11) is 5.48. The lowest BCUT2D eigenvalue weighted by Crippen LogP contribution is -2.38. The van der Waals surface area contributed by atoms with Crippen LogP contribution < -0.4 is 10.1 Å². The fourth-order valence-electron chi connectivity index (χ4n) is 2.85. The summed E-state index contributed by atoms with van der Waals surface area (Å²) < 4.78 is 43.4. The van der Waals surface area contributed by atoms with Crippen molar-refractivity contribution in [1.29, 1.82) is 0 Å². The molecule has 0 aliphatic rings. The number of hydrogen-bond acceptors (Lipinski definition) is 4. The van der Waals surface area contributed by atoms with Gasteiger partial charge in [-0.2, -0.15) is 18.3 Å². The highest BCUT2D eigenvalue weighted by Crippen LogP contribution is 2.19. The number of aryl methyl sites for hydroxylation is 1. The Hall–Kier alpha value is -2.05. The second-order valence-corrected chi connectivity index (χ2v) is 7.03. The number of guanidine groups is 1. The maximum Gasteiger partial charge on any atom is 0.422 e. The van der Waals surface area contributed by atoms with E-state index in [4.69, 9.17) is 4.74 Å². The zero-order valence-electron chi connectivity index (χ0n) is 17.7. The highest BCUT2D eigenvalue weighted by Gasteiger charge is 2.28. The zero-order valence-corrected chi connectivity index (χ0v) is 20.0. The Bertz CT molecular complexity index is 838. The van der Waals surface area contributed by atoms with Gasteiger partial charge in [0.2, 0.25) is 5.88 Å². The molecule has 7 nitrogen and oxygen atoms in total. The van der Waals surface area contributed by atoms with Gasteiger partial charge in [0.25, 0.3) is 0 Å². The van der Waals surface area contributed by atoms with Crippen molar-refractivity contribution in [2.24, 2.45) is 12.0 Å². The Kier molecular flexibility index (Phi) is 9.85. The van der Waals surface area contributed by atoms with Crippen molar-refractivity contribution in [1.82, 2.24) is 25.0 Å². The molecule has 0 aromatic carbocycles. The van der Waals surface area contributed by atoms with Crippen molar-refractivity contribution in [2.45, 2.75) is 39.0 Å². The average Bonchev–Trinajstić information content (AvgIpc) is 3.01. The molecule has 0 spiro atoms. The van der Waals surface area contributed by atoms with E-state index in [1.807, 2.05) is 25.2 Å². The highest BCUT2D eigenvalue weighted by molar-refractivity contribution is 14.0. The Morgan fingerprint density at radius 2 is 2.07 bits per heavy atom. The first-order valence-electron chi connectivity index (χ1n) is 9.17. The summed E-state index contributed by atoms with van der Waals surface area (Å²) in [6.07, 6.45) is -0.992. The molecule has 0 bridgehead atoms. The third-order valence-corrected chi connectivity index (χ3v) is 4.10. The third kappa shape index (κ3) is 8.00. The Balaban J connectivity index is 0.00000450. The molecule has 0 fully saturated rings. The van der Waals surface area contributed by atoms with Crippen LogP contribution in [0.15, 0.2) is 29.5 Å². The molecule has 2 heterocycles. The number of alkyl halides is 3. The number of aromatic nitrogens is 3. The molecular formula is C19H28F3IN6O. The van der Waals surface area contributed by atoms with E-state index in [9.17, 15) is 13.2 Å². The first-order valence-corrected chi connectivity index (χ1v) is 9.17. The van der Waals surface area contributed by atoms with Crippen LogP contribution in [0.3, 0.4) is 0 Å². The first-order chi connectivity index (χ1) is 13.6. The van der Waals surface area contributed by atoms with E-state index in [1.54, 1.807) is 17.8 Å². The van der Waals surface area contributed by atoms with Gasteiger partial charge in [0.15, 0.2) is 12.6 Å². The molecule has 11 heteroatoms. The van der Waals surface area contributed by atoms with Gasteiger partial charge in [0.1, 0.15) is 0 Å². The first kappa shape index (κ1) is 26.0. The van der Waals surface area contributed by atoms with Crippen molar-refractivity contribution < 1.29 is 17.9 Å². The highest BCUT2D eigenvalue weighted by atomic mass is 127. The Morgan fingerprint density at radius 3 is 2.67 bits per heavy atom. The van der Waals surface area contributed by atoms with Gasteiger partial charge in [-0.25, -0.2) is 4.98 Å². The molecule has 0 radical (unpaired) electrons. The molecular weight excluding hydrogens is 512 g/mol. The fourth-order valence-corrected chi connectivity index (χ4v) is 2.85. The number of pyridine rings is 1. The van der Waals surface area contributed by atoms with Crippen LogP contribution in [-0.2, 0) is 20.1 Å². The van der Waals surface area contributed by atoms with Gasteiger partial charge >= 0.3 is 6.18 Å². The lowest BCUT2D eigenvalue weighted by Gasteiger charge is -2.22. The predicted octanol–water partition coefficient (Wildman–Crippen LogP) is 3.71. The number of aliphatic imine (C=N–C) groups is 1. The van der Waals surface area contributed by atoms with E-state index >= 15 is 0 Å². The number of nitrogens with one attached hydrogen (secondary N) is 1. The van der Waals surface area contributed by atoms with Gasteiger partial charge in [-0.3, -0.25) is 9.67 Å². The number of hydrogen-bond donors (Lipinski definition) is 1. The van der Waals surface area contributed by atoms with Crippen molar-refractivity contribution in [3.8, 4) is 5.88 Å². The summed E-state index contributed by atoms with van der Waals surface area (Å²) in [5.74, 6) is 0.890. The Labute approximate surface area is 191 Å². The molecule has 0 amide bonds. The quantitative estimate of drug-likeness (QED) is 0.330. The van der Waals surface area contributed by atoms with Crippen LogP contribution in [0.4, 0.5) is 13.2 Å². The topological polar surface area (TPSA) is 67.6 Å². The standard InChI is InChI=1S/C19H27F3N6O.HI/c1-13(2)17-15(11-28(5)26-17)10-27(4)18(23-3)25-9-14-6-7-24-16(8-14)29-12-19(20,21)22;/h6-8,11,13H,9-10,12H2,1-5H3,(H,23,25);1H. The summed E-state index contributed by atoms with van der Waals surface area (Å²) in [4.78, 5) is 10.1. The minimum absolute atomic E-state index is 0. The lowest BCUT2D eigenvalue weighted by molar-refractivity contribution is -0.154. The van der Waals surface area contributed by atoms with Crippen molar-refractivity contribution in [3.63, 3.8) is 0 Å². The summed E-state index contributed by atoms with van der Waals surface area (Å²) in [6, 6.07) is 3.18. The number of halogens is 4. The van der Waals surface area contributed by atoms with E-state index in [0.29, 0.717) is 25.0 Å². The zero-order chi connectivity index (χ0) is 21.6. The van der Waals surface area contributed by atoms with Crippen LogP contribution in [-0.4, -0.2) is 52.5 Å². The summed E-state index contributed by atoms with van der Waals surface area (Å²) in [6.45, 7) is 3.81. The minimum atomic E-state index is -4.40. The van der Waals surface area contributed by atoms with Crippen LogP contribution in [0.2, 0.25) is 0 Å². The van der Waals surface area contributed by atoms with Gasteiger partial charge in [0.05, 0.1) is 5.69 Å². The fraction of sp³-hybridized carbons (Fsp3) is 0.526. The van der Waals surface area contributed by atoms with Crippen LogP contribution in [0, 0.1) is 0 Å². The predicted molar refractivity (Wildman–Crippen MR) is 120 cm³/mol. The molecule has 0 atom stereocenters. The molecule has 0 saturated heterocycles. The molecule has 0 aliphatic heterocycles. The van der Waals surface area contributed by atoms with E-state index in [1.165, 1.54) is 12.3 Å². The Morgan fingerprint density at radius 1 is 1.37 bits per heavy atom. The van der Waals surface area contributed by atoms with Crippen molar-refractivity contribution in [3.05, 3.63) is 41.3 Å². The van der Waals surface area contributed by atoms with Crippen LogP contribution >= 0.6 is 24.0 Å². The maximum atomic E-state index is 12.3. The van der Waals surface area contributed by atoms with Crippen LogP contribution in [0.25, 0.3) is 0 Å². The van der Waals surface area contributed by atoms with E-state index in [0.717, 1.165) is 16.8 Å². The monoisotopic (exact) mass is 540 g/mol. The molecule has 0 unspecified atom stereocenters. The number of ether oxygens (including phenoxy) is 1. The van der Waals surface area contributed by atoms with Gasteiger partial charge in [0, 0.05) is 58.3 Å². The SMILES string of the molecule is CN=C(NCc1ccnc(OCC(F)(F)F)c1)N(C)Cc1cn(C)nc1C(C)C.I. The molecule has 2 aromatic heterocycles. The molecule has 0 aliphatic carbocycles. The van der Waals surface area contributed by atoms with E-state index in [2.05, 4.69) is 34.2 Å². The van der Waals surface area contributed by atoms with Gasteiger partial charge in [-0.05, 0) is 17.5 Å². The van der Waals surface area contributed by atoms with Gasteiger partial charge in [-0.1, -0.05) is 13.8 Å². The number of nitrogens with zero attached hydrogens (tertiary/aromatic N) is 5. The lowest BCUT2D eigenvalue weighted by atomic mass is 10.1. The summed E-state index contributed by atoms with van der Waals surface area (Å²) >= 11 is 0. The molecule has 0 saturated carbocycles. The molecule has 2 rings (SSSR count). The maximum absolute atomic E-state index is 12.3. The molecule has 2 aromatic rings. The van der Waals surface area contributed by atoms with Gasteiger partial charge in [-0.15, -0.1) is 24.0 Å². The molecule has 1 N–H and O–H groups in total. The second kappa shape index (κ2) is 11.4. The van der Waals surface area contributed by atoms with Crippen LogP contribution in [0.5, 0.6) is 5.88 Å². The molecule has 30 heavy (non-hydrogen) atoms. The third-order valence-electron chi connectivity index (χ3n) is 4.10. The average molecular weight is 540 g/mol. The van der Waals surface area contributed by atoms with Crippen LogP contribution in [0.1, 0.15) is 36.6 Å². The van der Waals surface area contributed by atoms with E-state index in [-0.39, 0.29) is 29.9 Å². The van der Waals surface area contributed by atoms with Crippen molar-refractivity contribution >= 4 is 29.9 Å². The van der Waals surface area contributed by atoms with E-state index < -0.39 is 12.8 Å². The second-order valence-electron chi connectivity index (χ2n) is 7.03. The molecule has 168 valence electrons. The normalized spacial score (nSPS) is 12.0. The summed E-state index contributed by atoms with van der Waals surface area (Å²) in [5, 5.41) is 7.72. The summed E-state index contributed by atoms with van der Waals surface area (Å²) in [5.41, 5.74) is 2.88. The van der Waals surface area contributed by atoms with Gasteiger partial charge < -0.3 is 15.0 Å². The van der Waals surface area contributed by atoms with Crippen molar-refractivity contribution in [2.75, 3.05) is 20.7 Å². The number of rotatable bonds is 7. The largest absolute Gasteiger partial charge is 0.468 e. The smallest absolute Gasteiger partial charge is 0.422 e.